The largest absolute Gasteiger partial charge is 0.296 e. The SMILES string of the molecule is CC(C)(C)c1cc(C=O)nn1C1CCC1. The van der Waals surface area contributed by atoms with Gasteiger partial charge < -0.3 is 0 Å². The van der Waals surface area contributed by atoms with Crippen molar-refractivity contribution < 1.29 is 4.79 Å². The topological polar surface area (TPSA) is 34.9 Å². The first kappa shape index (κ1) is 10.4. The van der Waals surface area contributed by atoms with E-state index in [9.17, 15) is 4.79 Å². The summed E-state index contributed by atoms with van der Waals surface area (Å²) in [6.07, 6.45) is 4.51. The Balaban J connectivity index is 2.41. The van der Waals surface area contributed by atoms with Gasteiger partial charge in [0, 0.05) is 11.1 Å². The molecule has 1 aromatic rings. The zero-order valence-corrected chi connectivity index (χ0v) is 9.66. The highest BCUT2D eigenvalue weighted by Gasteiger charge is 2.28. The van der Waals surface area contributed by atoms with Crippen molar-refractivity contribution >= 4 is 6.29 Å². The lowest BCUT2D eigenvalue weighted by atomic mass is 9.88. The van der Waals surface area contributed by atoms with Crippen molar-refractivity contribution in [2.24, 2.45) is 0 Å². The molecule has 3 heteroatoms. The summed E-state index contributed by atoms with van der Waals surface area (Å²) in [5, 5.41) is 4.37. The zero-order valence-electron chi connectivity index (χ0n) is 9.66. The van der Waals surface area contributed by atoms with Crippen LogP contribution < -0.4 is 0 Å². The molecule has 0 atom stereocenters. The quantitative estimate of drug-likeness (QED) is 0.697. The van der Waals surface area contributed by atoms with Crippen LogP contribution in [0.3, 0.4) is 0 Å². The molecule has 0 radical (unpaired) electrons. The van der Waals surface area contributed by atoms with E-state index in [4.69, 9.17) is 0 Å². The molecule has 82 valence electrons. The lowest BCUT2D eigenvalue weighted by Crippen LogP contribution is -2.25. The number of carbonyl (C=O) groups is 1. The molecule has 1 aliphatic carbocycles. The molecule has 0 unspecified atom stereocenters. The Kier molecular flexibility index (Phi) is 2.41. The molecular weight excluding hydrogens is 188 g/mol. The van der Waals surface area contributed by atoms with E-state index in [1.54, 1.807) is 0 Å². The van der Waals surface area contributed by atoms with Gasteiger partial charge in [-0.05, 0) is 25.3 Å². The third kappa shape index (κ3) is 1.83. The maximum absolute atomic E-state index is 10.8. The molecule has 15 heavy (non-hydrogen) atoms. The first-order chi connectivity index (χ1) is 7.02. The van der Waals surface area contributed by atoms with Gasteiger partial charge >= 0.3 is 0 Å². The Morgan fingerprint density at radius 3 is 2.53 bits per heavy atom. The molecule has 0 bridgehead atoms. The number of nitrogens with zero attached hydrogens (tertiary/aromatic N) is 2. The Morgan fingerprint density at radius 1 is 1.47 bits per heavy atom. The van der Waals surface area contributed by atoms with Gasteiger partial charge in [0.15, 0.2) is 6.29 Å². The van der Waals surface area contributed by atoms with Gasteiger partial charge in [-0.2, -0.15) is 5.10 Å². The molecule has 0 aromatic carbocycles. The van der Waals surface area contributed by atoms with Crippen LogP contribution >= 0.6 is 0 Å². The van der Waals surface area contributed by atoms with Crippen LogP contribution in [0.2, 0.25) is 0 Å². The van der Waals surface area contributed by atoms with Crippen LogP contribution in [0.4, 0.5) is 0 Å². The number of hydrogen-bond acceptors (Lipinski definition) is 2. The Morgan fingerprint density at radius 2 is 2.13 bits per heavy atom. The van der Waals surface area contributed by atoms with E-state index < -0.39 is 0 Å². The van der Waals surface area contributed by atoms with Crippen molar-refractivity contribution in [3.63, 3.8) is 0 Å². The lowest BCUT2D eigenvalue weighted by molar-refractivity contribution is 0.111. The maximum Gasteiger partial charge on any atom is 0.170 e. The molecule has 3 nitrogen and oxygen atoms in total. The van der Waals surface area contributed by atoms with Crippen LogP contribution in [-0.2, 0) is 5.41 Å². The van der Waals surface area contributed by atoms with Gasteiger partial charge in [-0.25, -0.2) is 0 Å². The van der Waals surface area contributed by atoms with Crippen LogP contribution in [0.1, 0.15) is 62.3 Å². The van der Waals surface area contributed by atoms with Crippen molar-refractivity contribution in [1.29, 1.82) is 0 Å². The smallest absolute Gasteiger partial charge is 0.170 e. The highest BCUT2D eigenvalue weighted by Crippen LogP contribution is 2.35. The molecule has 1 fully saturated rings. The van der Waals surface area contributed by atoms with Gasteiger partial charge in [0.25, 0.3) is 0 Å². The molecule has 1 aromatic heterocycles. The molecule has 2 rings (SSSR count). The minimum Gasteiger partial charge on any atom is -0.296 e. The average molecular weight is 206 g/mol. The number of carbonyl (C=O) groups excluding carboxylic acids is 1. The van der Waals surface area contributed by atoms with Crippen LogP contribution in [-0.4, -0.2) is 16.1 Å². The van der Waals surface area contributed by atoms with Crippen molar-refractivity contribution in [3.05, 3.63) is 17.5 Å². The van der Waals surface area contributed by atoms with Gasteiger partial charge in [-0.1, -0.05) is 20.8 Å². The second-order valence-corrected chi connectivity index (χ2v) is 5.35. The standard InChI is InChI=1S/C12H18N2O/c1-12(2,3)11-7-9(8-15)13-14(11)10-5-4-6-10/h7-8,10H,4-6H2,1-3H3. The monoisotopic (exact) mass is 206 g/mol. The van der Waals surface area contributed by atoms with Crippen molar-refractivity contribution in [2.75, 3.05) is 0 Å². The second-order valence-electron chi connectivity index (χ2n) is 5.35. The summed E-state index contributed by atoms with van der Waals surface area (Å²) in [5.41, 5.74) is 1.80. The molecular formula is C12H18N2O. The van der Waals surface area contributed by atoms with Gasteiger partial charge in [0.2, 0.25) is 0 Å². The molecule has 1 aliphatic rings. The summed E-state index contributed by atoms with van der Waals surface area (Å²) < 4.78 is 2.06. The summed E-state index contributed by atoms with van der Waals surface area (Å²) in [7, 11) is 0. The summed E-state index contributed by atoms with van der Waals surface area (Å²) in [6.45, 7) is 6.48. The molecule has 1 saturated carbocycles. The van der Waals surface area contributed by atoms with E-state index in [2.05, 4.69) is 30.6 Å². The van der Waals surface area contributed by atoms with Gasteiger partial charge in [0.05, 0.1) is 6.04 Å². The first-order valence-electron chi connectivity index (χ1n) is 5.57. The van der Waals surface area contributed by atoms with Crippen molar-refractivity contribution in [1.82, 2.24) is 9.78 Å². The van der Waals surface area contributed by atoms with E-state index in [1.807, 2.05) is 6.07 Å². The van der Waals surface area contributed by atoms with Crippen LogP contribution in [0, 0.1) is 0 Å². The minimum absolute atomic E-state index is 0.0594. The van der Waals surface area contributed by atoms with E-state index in [0.29, 0.717) is 11.7 Å². The van der Waals surface area contributed by atoms with E-state index >= 15 is 0 Å². The Hall–Kier alpha value is -1.12. The van der Waals surface area contributed by atoms with Crippen molar-refractivity contribution in [3.8, 4) is 0 Å². The van der Waals surface area contributed by atoms with Gasteiger partial charge in [-0.15, -0.1) is 0 Å². The summed E-state index contributed by atoms with van der Waals surface area (Å²) >= 11 is 0. The molecule has 1 heterocycles. The number of aromatic nitrogens is 2. The summed E-state index contributed by atoms with van der Waals surface area (Å²) in [5.74, 6) is 0. The second kappa shape index (κ2) is 3.47. The predicted octanol–water partition coefficient (Wildman–Crippen LogP) is 2.72. The van der Waals surface area contributed by atoms with Crippen LogP contribution in [0.25, 0.3) is 0 Å². The van der Waals surface area contributed by atoms with E-state index in [-0.39, 0.29) is 5.41 Å². The Labute approximate surface area is 90.5 Å². The first-order valence-corrected chi connectivity index (χ1v) is 5.57. The molecule has 0 saturated heterocycles. The van der Waals surface area contributed by atoms with Crippen LogP contribution in [0.15, 0.2) is 6.07 Å². The fourth-order valence-electron chi connectivity index (χ4n) is 1.94. The third-order valence-electron chi connectivity index (χ3n) is 3.06. The van der Waals surface area contributed by atoms with E-state index in [0.717, 1.165) is 6.29 Å². The highest BCUT2D eigenvalue weighted by molar-refractivity contribution is 5.71. The molecule has 0 spiro atoms. The van der Waals surface area contributed by atoms with Crippen LogP contribution in [0.5, 0.6) is 0 Å². The van der Waals surface area contributed by atoms with Crippen molar-refractivity contribution in [2.45, 2.75) is 51.5 Å². The average Bonchev–Trinajstić information content (AvgIpc) is 2.44. The lowest BCUT2D eigenvalue weighted by Gasteiger charge is -2.31. The molecule has 0 N–H and O–H groups in total. The zero-order chi connectivity index (χ0) is 11.1. The minimum atomic E-state index is 0.0594. The third-order valence-corrected chi connectivity index (χ3v) is 3.06. The predicted molar refractivity (Wildman–Crippen MR) is 59.2 cm³/mol. The summed E-state index contributed by atoms with van der Waals surface area (Å²) in [4.78, 5) is 10.8. The van der Waals surface area contributed by atoms with Gasteiger partial charge in [0.1, 0.15) is 5.69 Å². The fourth-order valence-corrected chi connectivity index (χ4v) is 1.94. The fraction of sp³-hybridized carbons (Fsp3) is 0.667. The Bertz CT molecular complexity index is 369. The maximum atomic E-state index is 10.8. The normalized spacial score (nSPS) is 17.5. The number of rotatable bonds is 2. The highest BCUT2D eigenvalue weighted by atomic mass is 16.1. The number of aldehydes is 1. The number of hydrogen-bond donors (Lipinski definition) is 0. The molecule has 0 amide bonds. The summed E-state index contributed by atoms with van der Waals surface area (Å²) in [6, 6.07) is 2.44. The van der Waals surface area contributed by atoms with E-state index in [1.165, 1.54) is 25.0 Å². The van der Waals surface area contributed by atoms with Gasteiger partial charge in [-0.3, -0.25) is 9.48 Å². The molecule has 0 aliphatic heterocycles.